The van der Waals surface area contributed by atoms with E-state index in [0.717, 1.165) is 13.1 Å². The summed E-state index contributed by atoms with van der Waals surface area (Å²) in [7, 11) is -2.17. The Balaban J connectivity index is 0.000000553. The number of carboxylic acid groups (broad SMARTS) is 1. The quantitative estimate of drug-likeness (QED) is 0.651. The zero-order valence-electron chi connectivity index (χ0n) is 16.5. The Morgan fingerprint density at radius 3 is 2.10 bits per heavy atom. The Morgan fingerprint density at radius 1 is 1.20 bits per heavy atom. The van der Waals surface area contributed by atoms with Crippen LogP contribution < -0.4 is 10.1 Å². The van der Waals surface area contributed by atoms with Crippen LogP contribution in [0, 0.1) is 0 Å². The van der Waals surface area contributed by atoms with E-state index in [1.807, 2.05) is 0 Å². The second-order valence-corrected chi connectivity index (χ2v) is 7.98. The van der Waals surface area contributed by atoms with Gasteiger partial charge in [0, 0.05) is 32.7 Å². The SMILES string of the molecule is CCN(CC(=O)N1CCNCC1)S(=O)(=O)c1ccc(OC)cc1.O=C(O)C(F)(F)F. The number of nitrogens with one attached hydrogen (secondary N) is 1. The van der Waals surface area contributed by atoms with Gasteiger partial charge in [-0.2, -0.15) is 17.5 Å². The fourth-order valence-electron chi connectivity index (χ4n) is 2.43. The number of methoxy groups -OCH3 is 1. The van der Waals surface area contributed by atoms with Crippen molar-refractivity contribution in [2.75, 3.05) is 46.4 Å². The lowest BCUT2D eigenvalue weighted by atomic mass is 10.3. The van der Waals surface area contributed by atoms with Crippen molar-refractivity contribution < 1.29 is 41.0 Å². The van der Waals surface area contributed by atoms with Crippen LogP contribution in [0.1, 0.15) is 6.92 Å². The molecule has 1 amide bonds. The molecule has 0 aliphatic carbocycles. The predicted octanol–water partition coefficient (Wildman–Crippen LogP) is 0.771. The summed E-state index contributed by atoms with van der Waals surface area (Å²) in [5, 5.41) is 10.3. The number of sulfonamides is 1. The summed E-state index contributed by atoms with van der Waals surface area (Å²) in [5.41, 5.74) is 0. The van der Waals surface area contributed by atoms with E-state index in [0.29, 0.717) is 18.8 Å². The molecule has 0 spiro atoms. The number of aliphatic carboxylic acids is 1. The van der Waals surface area contributed by atoms with E-state index in [2.05, 4.69) is 5.32 Å². The number of piperazine rings is 1. The van der Waals surface area contributed by atoms with E-state index >= 15 is 0 Å². The first kappa shape index (κ1) is 25.7. The van der Waals surface area contributed by atoms with Gasteiger partial charge in [-0.25, -0.2) is 13.2 Å². The molecule has 1 aromatic rings. The summed E-state index contributed by atoms with van der Waals surface area (Å²) < 4.78 is 63.3. The van der Waals surface area contributed by atoms with E-state index in [9.17, 15) is 26.4 Å². The zero-order valence-corrected chi connectivity index (χ0v) is 17.3. The third-order valence-corrected chi connectivity index (χ3v) is 6.01. The molecule has 0 saturated carbocycles. The molecule has 0 aromatic heterocycles. The minimum Gasteiger partial charge on any atom is -0.497 e. The monoisotopic (exact) mass is 455 g/mol. The topological polar surface area (TPSA) is 116 Å². The minimum absolute atomic E-state index is 0.134. The Morgan fingerprint density at radius 2 is 1.70 bits per heavy atom. The molecular formula is C17H24F3N3O6S. The number of likely N-dealkylation sites (N-methyl/N-ethyl adjacent to an activating group) is 1. The van der Waals surface area contributed by atoms with Crippen molar-refractivity contribution >= 4 is 21.9 Å². The van der Waals surface area contributed by atoms with Crippen molar-refractivity contribution in [1.82, 2.24) is 14.5 Å². The number of ether oxygens (including phenoxy) is 1. The highest BCUT2D eigenvalue weighted by atomic mass is 32.2. The average Bonchev–Trinajstić information content (AvgIpc) is 2.72. The largest absolute Gasteiger partial charge is 0.497 e. The van der Waals surface area contributed by atoms with Gasteiger partial charge in [0.25, 0.3) is 0 Å². The van der Waals surface area contributed by atoms with Crippen LogP contribution in [0.3, 0.4) is 0 Å². The molecule has 0 unspecified atom stereocenters. The lowest BCUT2D eigenvalue weighted by molar-refractivity contribution is -0.192. The van der Waals surface area contributed by atoms with Crippen molar-refractivity contribution in [2.24, 2.45) is 0 Å². The number of rotatable bonds is 6. The number of nitrogens with zero attached hydrogens (tertiary/aromatic N) is 2. The molecule has 0 atom stereocenters. The van der Waals surface area contributed by atoms with Crippen LogP contribution in [0.25, 0.3) is 0 Å². The lowest BCUT2D eigenvalue weighted by Gasteiger charge is -2.29. The van der Waals surface area contributed by atoms with E-state index < -0.39 is 22.2 Å². The summed E-state index contributed by atoms with van der Waals surface area (Å²) >= 11 is 0. The van der Waals surface area contributed by atoms with Crippen LogP contribution in [0.15, 0.2) is 29.2 Å². The summed E-state index contributed by atoms with van der Waals surface area (Å²) in [4.78, 5) is 23.1. The van der Waals surface area contributed by atoms with E-state index in [1.54, 1.807) is 24.0 Å². The molecule has 1 saturated heterocycles. The Bertz CT molecular complexity index is 809. The van der Waals surface area contributed by atoms with Crippen LogP contribution >= 0.6 is 0 Å². The highest BCUT2D eigenvalue weighted by Crippen LogP contribution is 2.19. The molecule has 2 rings (SSSR count). The van der Waals surface area contributed by atoms with Gasteiger partial charge < -0.3 is 20.1 Å². The molecule has 0 bridgehead atoms. The molecule has 1 aliphatic heterocycles. The molecule has 1 aromatic carbocycles. The normalized spacial score (nSPS) is 14.7. The van der Waals surface area contributed by atoms with E-state index in [1.165, 1.54) is 23.5 Å². The molecule has 1 aliphatic rings. The van der Waals surface area contributed by atoms with E-state index in [4.69, 9.17) is 14.6 Å². The number of carbonyl (C=O) groups excluding carboxylic acids is 1. The lowest BCUT2D eigenvalue weighted by Crippen LogP contribution is -2.50. The number of hydrogen-bond acceptors (Lipinski definition) is 6. The van der Waals surface area contributed by atoms with Crippen LogP contribution in [0.4, 0.5) is 13.2 Å². The van der Waals surface area contributed by atoms with Crippen LogP contribution in [-0.2, 0) is 19.6 Å². The molecule has 1 heterocycles. The van der Waals surface area contributed by atoms with Gasteiger partial charge in [0.1, 0.15) is 5.75 Å². The number of amides is 1. The molecular weight excluding hydrogens is 431 g/mol. The summed E-state index contributed by atoms with van der Waals surface area (Å²) in [6.07, 6.45) is -5.08. The van der Waals surface area contributed by atoms with Crippen LogP contribution in [0.5, 0.6) is 5.75 Å². The van der Waals surface area contributed by atoms with Crippen LogP contribution in [-0.4, -0.2) is 87.2 Å². The second-order valence-electron chi connectivity index (χ2n) is 6.04. The standard InChI is InChI=1S/C15H23N3O4S.C2HF3O2/c1-3-18(12-15(19)17-10-8-16-9-11-17)23(20,21)14-6-4-13(22-2)5-7-14;3-2(4,5)1(6)7/h4-7,16H,3,8-12H2,1-2H3;(H,6,7). The predicted molar refractivity (Wildman–Crippen MR) is 101 cm³/mol. The zero-order chi connectivity index (χ0) is 22.9. The van der Waals surface area contributed by atoms with Crippen molar-refractivity contribution in [2.45, 2.75) is 18.0 Å². The first-order chi connectivity index (χ1) is 13.9. The third-order valence-electron chi connectivity index (χ3n) is 4.07. The average molecular weight is 455 g/mol. The summed E-state index contributed by atoms with van der Waals surface area (Å²) in [6.45, 7) is 4.54. The molecule has 13 heteroatoms. The number of halogens is 3. The number of alkyl halides is 3. The number of carboxylic acids is 1. The van der Waals surface area contributed by atoms with Gasteiger partial charge in [-0.05, 0) is 24.3 Å². The molecule has 170 valence electrons. The maximum absolute atomic E-state index is 12.7. The van der Waals surface area contributed by atoms with Crippen LogP contribution in [0.2, 0.25) is 0 Å². The minimum atomic E-state index is -5.08. The molecule has 30 heavy (non-hydrogen) atoms. The first-order valence-corrected chi connectivity index (χ1v) is 10.3. The molecule has 1 fully saturated rings. The Kier molecular flexibility index (Phi) is 9.52. The van der Waals surface area contributed by atoms with Gasteiger partial charge in [-0.15, -0.1) is 0 Å². The van der Waals surface area contributed by atoms with Crippen molar-refractivity contribution in [3.63, 3.8) is 0 Å². The molecule has 9 nitrogen and oxygen atoms in total. The van der Waals surface area contributed by atoms with Crippen molar-refractivity contribution in [1.29, 1.82) is 0 Å². The fourth-order valence-corrected chi connectivity index (χ4v) is 3.83. The van der Waals surface area contributed by atoms with Crippen molar-refractivity contribution in [3.8, 4) is 5.75 Å². The smallest absolute Gasteiger partial charge is 0.490 e. The second kappa shape index (κ2) is 11.1. The van der Waals surface area contributed by atoms with E-state index in [-0.39, 0.29) is 23.9 Å². The maximum atomic E-state index is 12.7. The maximum Gasteiger partial charge on any atom is 0.490 e. The number of carbonyl (C=O) groups is 2. The van der Waals surface area contributed by atoms with Gasteiger partial charge in [0.05, 0.1) is 18.6 Å². The first-order valence-electron chi connectivity index (χ1n) is 8.86. The summed E-state index contributed by atoms with van der Waals surface area (Å²) in [6, 6.07) is 6.18. The number of benzene rings is 1. The Hall–Kier alpha value is -2.38. The Labute approximate surface area is 172 Å². The van der Waals surface area contributed by atoms with Gasteiger partial charge >= 0.3 is 12.1 Å². The van der Waals surface area contributed by atoms with Gasteiger partial charge in [0.2, 0.25) is 15.9 Å². The number of hydrogen-bond donors (Lipinski definition) is 2. The molecule has 0 radical (unpaired) electrons. The van der Waals surface area contributed by atoms with Gasteiger partial charge in [-0.1, -0.05) is 6.92 Å². The fraction of sp³-hybridized carbons (Fsp3) is 0.529. The van der Waals surface area contributed by atoms with Crippen molar-refractivity contribution in [3.05, 3.63) is 24.3 Å². The third kappa shape index (κ3) is 7.46. The van der Waals surface area contributed by atoms with Gasteiger partial charge in [0.15, 0.2) is 0 Å². The highest BCUT2D eigenvalue weighted by Gasteiger charge is 2.38. The molecule has 2 N–H and O–H groups in total. The highest BCUT2D eigenvalue weighted by molar-refractivity contribution is 7.89. The summed E-state index contributed by atoms with van der Waals surface area (Å²) in [5.74, 6) is -2.33. The van der Waals surface area contributed by atoms with Gasteiger partial charge in [-0.3, -0.25) is 4.79 Å².